The quantitative estimate of drug-likeness (QED) is 0.218. The number of Topliss-reactive ketones (excluding diaryl/α,β-unsaturated/α-hetero) is 2. The molecule has 19 nitrogen and oxygen atoms in total. The summed E-state index contributed by atoms with van der Waals surface area (Å²) >= 11 is 0. The van der Waals surface area contributed by atoms with E-state index in [-0.39, 0.29) is 41.6 Å². The van der Waals surface area contributed by atoms with E-state index >= 15 is 0 Å². The maximum Gasteiger partial charge on any atom is 0.410 e. The van der Waals surface area contributed by atoms with Crippen LogP contribution in [-0.2, 0) is 31.9 Å². The summed E-state index contributed by atoms with van der Waals surface area (Å²) < 4.78 is 10.7. The van der Waals surface area contributed by atoms with Gasteiger partial charge >= 0.3 is 12.2 Å². The van der Waals surface area contributed by atoms with E-state index < -0.39 is 45.3 Å². The van der Waals surface area contributed by atoms with Gasteiger partial charge in [0.2, 0.25) is 0 Å². The number of ketones is 2. The average molecular weight is 780 g/mol. The van der Waals surface area contributed by atoms with Gasteiger partial charge < -0.3 is 20.9 Å². The van der Waals surface area contributed by atoms with Crippen molar-refractivity contribution >= 4 is 46.6 Å². The number of ether oxygens (including phenoxy) is 2. The lowest BCUT2D eigenvalue weighted by atomic mass is 10.1. The van der Waals surface area contributed by atoms with Crippen LogP contribution in [0, 0.1) is 20.2 Å². The Morgan fingerprint density at radius 1 is 0.679 bits per heavy atom. The van der Waals surface area contributed by atoms with Gasteiger partial charge in [-0.05, 0) is 91.5 Å². The molecule has 2 unspecified atom stereocenters. The van der Waals surface area contributed by atoms with Gasteiger partial charge in [0, 0.05) is 36.6 Å². The molecule has 3 aromatic rings. The number of hydrogen-bond donors (Lipinski definition) is 2. The molecule has 0 spiro atoms. The van der Waals surface area contributed by atoms with Crippen molar-refractivity contribution in [2.75, 3.05) is 24.6 Å². The van der Waals surface area contributed by atoms with Gasteiger partial charge in [-0.3, -0.25) is 49.6 Å². The lowest BCUT2D eigenvalue weighted by Gasteiger charge is -2.28. The fraction of sp³-hybridized carbons (Fsp3) is 0.486. The molecule has 0 aromatic carbocycles. The fourth-order valence-electron chi connectivity index (χ4n) is 5.55. The minimum atomic E-state index is -0.618. The zero-order chi connectivity index (χ0) is 41.8. The highest BCUT2D eigenvalue weighted by molar-refractivity contribution is 5.90. The molecular formula is C37H49N9O10. The number of nitrogen functional groups attached to an aromatic ring is 2. The van der Waals surface area contributed by atoms with Crippen LogP contribution >= 0.6 is 0 Å². The van der Waals surface area contributed by atoms with E-state index in [2.05, 4.69) is 15.0 Å². The van der Waals surface area contributed by atoms with Gasteiger partial charge in [0.05, 0.1) is 46.7 Å². The molecular weight excluding hydrogens is 730 g/mol. The number of anilines is 2. The van der Waals surface area contributed by atoms with Crippen molar-refractivity contribution in [1.29, 1.82) is 0 Å². The maximum absolute atomic E-state index is 12.5. The first-order chi connectivity index (χ1) is 26.1. The number of aromatic nitrogens is 3. The van der Waals surface area contributed by atoms with E-state index in [0.29, 0.717) is 43.0 Å². The Kier molecular flexibility index (Phi) is 15.3. The summed E-state index contributed by atoms with van der Waals surface area (Å²) in [5, 5.41) is 20.7. The van der Waals surface area contributed by atoms with Crippen LogP contribution in [0.4, 0.5) is 32.5 Å². The van der Waals surface area contributed by atoms with Gasteiger partial charge in [0.1, 0.15) is 29.4 Å². The summed E-state index contributed by atoms with van der Waals surface area (Å²) in [6.07, 6.45) is 5.91. The smallest absolute Gasteiger partial charge is 0.410 e. The number of nitro groups is 2. The molecule has 2 fully saturated rings. The topological polar surface area (TPSA) is 270 Å². The number of likely N-dealkylation sites (tertiary alicyclic amines) is 2. The molecule has 5 heterocycles. The summed E-state index contributed by atoms with van der Waals surface area (Å²) in [4.78, 5) is 83.5. The number of nitrogens with two attached hydrogens (primary N) is 2. The largest absolute Gasteiger partial charge is 0.444 e. The molecule has 302 valence electrons. The van der Waals surface area contributed by atoms with Crippen molar-refractivity contribution < 1.29 is 38.5 Å². The first kappa shape index (κ1) is 44.1. The van der Waals surface area contributed by atoms with E-state index in [9.17, 15) is 39.4 Å². The third-order valence-corrected chi connectivity index (χ3v) is 8.06. The Labute approximate surface area is 324 Å². The summed E-state index contributed by atoms with van der Waals surface area (Å²) in [7, 11) is 0. The summed E-state index contributed by atoms with van der Waals surface area (Å²) in [6.45, 7) is 11.8. The molecule has 0 radical (unpaired) electrons. The normalized spacial score (nSPS) is 16.4. The van der Waals surface area contributed by atoms with Crippen molar-refractivity contribution in [3.8, 4) is 0 Å². The van der Waals surface area contributed by atoms with E-state index in [0.717, 1.165) is 25.2 Å². The van der Waals surface area contributed by atoms with Crippen LogP contribution < -0.4 is 11.5 Å². The Bertz CT molecular complexity index is 1840. The lowest BCUT2D eigenvalue weighted by molar-refractivity contribution is -0.385. The first-order valence-corrected chi connectivity index (χ1v) is 17.8. The van der Waals surface area contributed by atoms with E-state index in [1.54, 1.807) is 32.9 Å². The van der Waals surface area contributed by atoms with Crippen LogP contribution in [0.3, 0.4) is 0 Å². The number of nitrogens with zero attached hydrogens (tertiary/aromatic N) is 7. The molecule has 2 atom stereocenters. The number of hydrogen-bond acceptors (Lipinski definition) is 15. The Morgan fingerprint density at radius 2 is 1.09 bits per heavy atom. The van der Waals surface area contributed by atoms with Crippen molar-refractivity contribution in [2.45, 2.75) is 103 Å². The molecule has 4 N–H and O–H groups in total. The number of amides is 2. The summed E-state index contributed by atoms with van der Waals surface area (Å²) in [6, 6.07) is 7.97. The standard InChI is InChI=1S/C16H21N3O5.C16H23N3O3.C5H5N3O2/c1-16(2,3)24-15(21)18-8-4-5-13(18)14(20)9-11-6-7-12(10-17-11)19(22)23;1-16(2,3)22-15(21)19-8-4-5-13(19)14(20)9-12-7-6-11(17)10-18-12;6-5-2-1-4(3-7-5)8(9)10/h6-7,10,13H,4-5,8-9H2,1-3H3;6-7,10,13H,4-5,8-9,17H2,1-3H3;1-3H,(H2,6,7). The summed E-state index contributed by atoms with van der Waals surface area (Å²) in [5.74, 6) is 0.131. The van der Waals surface area contributed by atoms with Crippen molar-refractivity contribution in [1.82, 2.24) is 24.8 Å². The highest BCUT2D eigenvalue weighted by Gasteiger charge is 2.37. The third-order valence-electron chi connectivity index (χ3n) is 8.06. The highest BCUT2D eigenvalue weighted by Crippen LogP contribution is 2.24. The molecule has 0 aliphatic carbocycles. The maximum atomic E-state index is 12.5. The molecule has 0 saturated carbocycles. The number of carbonyl (C=O) groups excluding carboxylic acids is 4. The Morgan fingerprint density at radius 3 is 1.43 bits per heavy atom. The number of pyridine rings is 3. The molecule has 2 amide bonds. The van der Waals surface area contributed by atoms with E-state index in [1.165, 1.54) is 40.3 Å². The molecule has 0 bridgehead atoms. The van der Waals surface area contributed by atoms with E-state index in [1.807, 2.05) is 20.8 Å². The van der Waals surface area contributed by atoms with Crippen LogP contribution in [0.2, 0.25) is 0 Å². The summed E-state index contributed by atoms with van der Waals surface area (Å²) in [5.41, 5.74) is 11.1. The van der Waals surface area contributed by atoms with Gasteiger partial charge in [-0.2, -0.15) is 0 Å². The van der Waals surface area contributed by atoms with Gasteiger partial charge in [0.15, 0.2) is 11.6 Å². The molecule has 19 heteroatoms. The monoisotopic (exact) mass is 779 g/mol. The fourth-order valence-corrected chi connectivity index (χ4v) is 5.55. The minimum absolute atomic E-state index is 0.0133. The van der Waals surface area contributed by atoms with Gasteiger partial charge in [-0.25, -0.2) is 14.6 Å². The van der Waals surface area contributed by atoms with Crippen LogP contribution in [-0.4, -0.2) is 94.7 Å². The third kappa shape index (κ3) is 14.2. The first-order valence-electron chi connectivity index (χ1n) is 17.8. The van der Waals surface area contributed by atoms with Gasteiger partial charge in [-0.1, -0.05) is 0 Å². The highest BCUT2D eigenvalue weighted by atomic mass is 16.6. The lowest BCUT2D eigenvalue weighted by Crippen LogP contribution is -2.43. The second kappa shape index (κ2) is 19.4. The zero-order valence-corrected chi connectivity index (χ0v) is 32.4. The minimum Gasteiger partial charge on any atom is -0.444 e. The van der Waals surface area contributed by atoms with Crippen molar-refractivity contribution in [2.24, 2.45) is 0 Å². The van der Waals surface area contributed by atoms with Crippen LogP contribution in [0.15, 0.2) is 55.0 Å². The van der Waals surface area contributed by atoms with Crippen molar-refractivity contribution in [3.63, 3.8) is 0 Å². The number of carbonyl (C=O) groups is 4. The van der Waals surface area contributed by atoms with Gasteiger partial charge in [0.25, 0.3) is 11.4 Å². The number of rotatable bonds is 8. The molecule has 3 aromatic heterocycles. The SMILES string of the molecule is CC(C)(C)OC(=O)N1CCCC1C(=O)Cc1ccc(N)cn1.CC(C)(C)OC(=O)N1CCCC1C(=O)Cc1ccc([N+](=O)[O-])cn1.Nc1ccc([N+](=O)[O-])cn1. The van der Waals surface area contributed by atoms with E-state index in [4.69, 9.17) is 20.9 Å². The predicted molar refractivity (Wildman–Crippen MR) is 204 cm³/mol. The zero-order valence-electron chi connectivity index (χ0n) is 32.4. The van der Waals surface area contributed by atoms with Crippen molar-refractivity contribution in [3.05, 3.63) is 86.6 Å². The van der Waals surface area contributed by atoms with Gasteiger partial charge in [-0.15, -0.1) is 0 Å². The molecule has 56 heavy (non-hydrogen) atoms. The molecule has 5 rings (SSSR count). The van der Waals surface area contributed by atoms with Crippen LogP contribution in [0.5, 0.6) is 0 Å². The second-order valence-corrected chi connectivity index (χ2v) is 15.0. The second-order valence-electron chi connectivity index (χ2n) is 15.0. The molecule has 2 saturated heterocycles. The predicted octanol–water partition coefficient (Wildman–Crippen LogP) is 5.25. The molecule has 2 aliphatic rings. The Hall–Kier alpha value is -6.27. The van der Waals surface area contributed by atoms with Crippen LogP contribution in [0.25, 0.3) is 0 Å². The van der Waals surface area contributed by atoms with Crippen LogP contribution in [0.1, 0.15) is 78.6 Å². The average Bonchev–Trinajstić information content (AvgIpc) is 3.80. The Balaban J connectivity index is 0.000000243. The molecule has 2 aliphatic heterocycles.